The van der Waals surface area contributed by atoms with Gasteiger partial charge in [-0.15, -0.1) is 0 Å². The second-order valence-corrected chi connectivity index (χ2v) is 6.51. The van der Waals surface area contributed by atoms with Crippen molar-refractivity contribution in [2.24, 2.45) is 4.99 Å². The Balaban J connectivity index is 1.78. The molecule has 0 saturated heterocycles. The quantitative estimate of drug-likeness (QED) is 0.484. The summed E-state index contributed by atoms with van der Waals surface area (Å²) in [6, 6.07) is 13.9. The number of methoxy groups -OCH3 is 1. The van der Waals surface area contributed by atoms with E-state index in [1.54, 1.807) is 21.2 Å². The van der Waals surface area contributed by atoms with E-state index in [0.29, 0.717) is 5.56 Å². The molecule has 0 fully saturated rings. The smallest absolute Gasteiger partial charge is 0.251 e. The lowest BCUT2D eigenvalue weighted by atomic mass is 10.1. The Morgan fingerprint density at radius 1 is 1.04 bits per heavy atom. The van der Waals surface area contributed by atoms with E-state index in [9.17, 15) is 4.79 Å². The van der Waals surface area contributed by atoms with Crippen molar-refractivity contribution in [2.45, 2.75) is 19.8 Å². The van der Waals surface area contributed by atoms with E-state index in [2.05, 4.69) is 39.1 Å². The number of aryl methyl sites for hydroxylation is 1. The predicted octanol–water partition coefficient (Wildman–Crippen LogP) is 2.31. The first-order valence-electron chi connectivity index (χ1n) is 9.46. The highest BCUT2D eigenvalue weighted by Gasteiger charge is 2.05. The fraction of sp³-hybridized carbons (Fsp3) is 0.364. The molecule has 28 heavy (non-hydrogen) atoms. The minimum absolute atomic E-state index is 0.0694. The number of hydrogen-bond acceptors (Lipinski definition) is 3. The van der Waals surface area contributed by atoms with Crippen LogP contribution < -0.4 is 20.7 Å². The molecule has 0 aliphatic heterocycles. The molecule has 2 aromatic carbocycles. The zero-order chi connectivity index (χ0) is 20.4. The molecule has 0 radical (unpaired) electrons. The Labute approximate surface area is 167 Å². The molecule has 0 atom stereocenters. The lowest BCUT2D eigenvalue weighted by Crippen LogP contribution is -2.39. The lowest BCUT2D eigenvalue weighted by molar-refractivity contribution is 0.0963. The van der Waals surface area contributed by atoms with Crippen LogP contribution in [-0.2, 0) is 12.8 Å². The van der Waals surface area contributed by atoms with Crippen molar-refractivity contribution in [3.8, 4) is 5.75 Å². The molecular weight excluding hydrogens is 352 g/mol. The van der Waals surface area contributed by atoms with Crippen molar-refractivity contribution in [2.75, 3.05) is 34.3 Å². The number of aliphatic imine (C=N–C) groups is 1. The first-order valence-corrected chi connectivity index (χ1v) is 9.46. The van der Waals surface area contributed by atoms with Crippen LogP contribution in [0.5, 0.6) is 5.75 Å². The number of benzene rings is 2. The maximum absolute atomic E-state index is 11.7. The van der Waals surface area contributed by atoms with Gasteiger partial charge in [-0.2, -0.15) is 0 Å². The van der Waals surface area contributed by atoms with E-state index in [4.69, 9.17) is 4.74 Å². The van der Waals surface area contributed by atoms with Gasteiger partial charge in [0.15, 0.2) is 5.96 Å². The molecule has 2 aromatic rings. The zero-order valence-corrected chi connectivity index (χ0v) is 17.1. The van der Waals surface area contributed by atoms with Crippen molar-refractivity contribution >= 4 is 11.9 Å². The molecule has 0 aliphatic rings. The zero-order valence-electron chi connectivity index (χ0n) is 17.1. The Hall–Kier alpha value is -3.02. The third-order valence-corrected chi connectivity index (χ3v) is 4.52. The molecule has 3 N–H and O–H groups in total. The maximum Gasteiger partial charge on any atom is 0.251 e. The number of nitrogens with one attached hydrogen (secondary N) is 3. The van der Waals surface area contributed by atoms with Gasteiger partial charge < -0.3 is 20.7 Å². The molecule has 0 aliphatic carbocycles. The van der Waals surface area contributed by atoms with Gasteiger partial charge >= 0.3 is 0 Å². The van der Waals surface area contributed by atoms with Crippen LogP contribution in [0.25, 0.3) is 0 Å². The highest BCUT2D eigenvalue weighted by Crippen LogP contribution is 2.18. The Morgan fingerprint density at radius 3 is 2.32 bits per heavy atom. The molecule has 150 valence electrons. The third-order valence-electron chi connectivity index (χ3n) is 4.52. The van der Waals surface area contributed by atoms with Crippen molar-refractivity contribution in [3.63, 3.8) is 0 Å². The number of nitrogens with zero attached hydrogens (tertiary/aromatic N) is 1. The van der Waals surface area contributed by atoms with Gasteiger partial charge in [0.2, 0.25) is 0 Å². The van der Waals surface area contributed by atoms with Crippen LogP contribution >= 0.6 is 0 Å². The van der Waals surface area contributed by atoms with E-state index in [0.717, 1.165) is 48.8 Å². The number of guanidine groups is 1. The van der Waals surface area contributed by atoms with E-state index in [-0.39, 0.29) is 5.91 Å². The molecule has 0 heterocycles. The van der Waals surface area contributed by atoms with Gasteiger partial charge in [-0.25, -0.2) is 0 Å². The summed E-state index contributed by atoms with van der Waals surface area (Å²) < 4.78 is 5.38. The fourth-order valence-corrected chi connectivity index (χ4v) is 2.90. The monoisotopic (exact) mass is 382 g/mol. The van der Waals surface area contributed by atoms with Crippen molar-refractivity contribution in [1.82, 2.24) is 16.0 Å². The number of ether oxygens (including phenoxy) is 1. The lowest BCUT2D eigenvalue weighted by Gasteiger charge is -2.13. The van der Waals surface area contributed by atoms with Gasteiger partial charge in [-0.1, -0.05) is 24.3 Å². The number of amides is 1. The molecule has 6 nitrogen and oxygen atoms in total. The van der Waals surface area contributed by atoms with Crippen LogP contribution in [0.4, 0.5) is 0 Å². The Kier molecular flexibility index (Phi) is 8.34. The first kappa shape index (κ1) is 21.3. The van der Waals surface area contributed by atoms with Gasteiger partial charge in [0.1, 0.15) is 5.75 Å². The Bertz CT molecular complexity index is 818. The molecule has 1 amide bonds. The maximum atomic E-state index is 11.7. The fourth-order valence-electron chi connectivity index (χ4n) is 2.90. The van der Waals surface area contributed by atoms with E-state index in [1.807, 2.05) is 31.2 Å². The number of carbonyl (C=O) groups is 1. The summed E-state index contributed by atoms with van der Waals surface area (Å²) in [4.78, 5) is 16.0. The van der Waals surface area contributed by atoms with Crippen LogP contribution in [0.2, 0.25) is 0 Å². The minimum atomic E-state index is -0.0694. The average molecular weight is 383 g/mol. The van der Waals surface area contributed by atoms with Crippen LogP contribution in [0.15, 0.2) is 47.5 Å². The summed E-state index contributed by atoms with van der Waals surface area (Å²) in [5.74, 6) is 1.61. The molecule has 2 rings (SSSR count). The van der Waals surface area contributed by atoms with Crippen molar-refractivity contribution in [1.29, 1.82) is 0 Å². The second kappa shape index (κ2) is 11.0. The molecular formula is C22H30N4O2. The SMILES string of the molecule is CN=C(NCCc1cccc(C(=O)NC)c1)NCCc1ccc(C)c(OC)c1. The summed E-state index contributed by atoms with van der Waals surface area (Å²) in [7, 11) is 5.09. The molecule has 0 unspecified atom stereocenters. The summed E-state index contributed by atoms with van der Waals surface area (Å²) in [5, 5.41) is 9.29. The third kappa shape index (κ3) is 6.30. The Morgan fingerprint density at radius 2 is 1.71 bits per heavy atom. The van der Waals surface area contributed by atoms with Gasteiger partial charge in [0.25, 0.3) is 5.91 Å². The number of carbonyl (C=O) groups excluding carboxylic acids is 1. The molecule has 0 spiro atoms. The predicted molar refractivity (Wildman–Crippen MR) is 114 cm³/mol. The first-order chi connectivity index (χ1) is 13.6. The number of hydrogen-bond donors (Lipinski definition) is 3. The van der Waals surface area contributed by atoms with E-state index >= 15 is 0 Å². The summed E-state index contributed by atoms with van der Waals surface area (Å²) in [5.41, 5.74) is 4.14. The van der Waals surface area contributed by atoms with Gasteiger partial charge in [-0.3, -0.25) is 9.79 Å². The average Bonchev–Trinajstić information content (AvgIpc) is 2.73. The van der Waals surface area contributed by atoms with Crippen molar-refractivity contribution < 1.29 is 9.53 Å². The van der Waals surface area contributed by atoms with Crippen LogP contribution in [0.3, 0.4) is 0 Å². The molecule has 0 bridgehead atoms. The summed E-state index contributed by atoms with van der Waals surface area (Å²) in [6.45, 7) is 3.55. The molecule has 6 heteroatoms. The molecule has 0 aromatic heterocycles. The second-order valence-electron chi connectivity index (χ2n) is 6.51. The van der Waals surface area contributed by atoms with Crippen molar-refractivity contribution in [3.05, 3.63) is 64.7 Å². The number of rotatable bonds is 8. The summed E-state index contributed by atoms with van der Waals surface area (Å²) in [6.07, 6.45) is 1.69. The highest BCUT2D eigenvalue weighted by molar-refractivity contribution is 5.94. The normalized spacial score (nSPS) is 11.1. The van der Waals surface area contributed by atoms with Gasteiger partial charge in [0.05, 0.1) is 7.11 Å². The van der Waals surface area contributed by atoms with Gasteiger partial charge in [0, 0.05) is 32.7 Å². The standard InChI is InChI=1S/C22H30N4O2/c1-16-8-9-18(15-20(16)28-4)11-13-26-22(24-3)25-12-10-17-6-5-7-19(14-17)21(27)23-2/h5-9,14-15H,10-13H2,1-4H3,(H,23,27)(H2,24,25,26). The topological polar surface area (TPSA) is 74.8 Å². The van der Waals surface area contributed by atoms with Crippen LogP contribution in [0.1, 0.15) is 27.0 Å². The van der Waals surface area contributed by atoms with E-state index < -0.39 is 0 Å². The van der Waals surface area contributed by atoms with Crippen LogP contribution in [-0.4, -0.2) is 46.2 Å². The van der Waals surface area contributed by atoms with Crippen LogP contribution in [0, 0.1) is 6.92 Å². The molecule has 0 saturated carbocycles. The minimum Gasteiger partial charge on any atom is -0.496 e. The summed E-state index contributed by atoms with van der Waals surface area (Å²) >= 11 is 0. The highest BCUT2D eigenvalue weighted by atomic mass is 16.5. The van der Waals surface area contributed by atoms with Gasteiger partial charge in [-0.05, 0) is 54.7 Å². The van der Waals surface area contributed by atoms with E-state index in [1.165, 1.54) is 5.56 Å². The largest absolute Gasteiger partial charge is 0.496 e.